The molecular formula is C23H36O5. The number of carbonyl (C=O) groups excluding carboxylic acids is 1. The molecule has 158 valence electrons. The molecule has 0 aromatic carbocycles. The number of ether oxygens (including phenoxy) is 2. The zero-order chi connectivity index (χ0) is 21.1. The Morgan fingerprint density at radius 2 is 1.93 bits per heavy atom. The summed E-state index contributed by atoms with van der Waals surface area (Å²) in [6.07, 6.45) is 8.46. The van der Waals surface area contributed by atoms with Crippen molar-refractivity contribution in [1.82, 2.24) is 0 Å². The predicted octanol–water partition coefficient (Wildman–Crippen LogP) is 4.91. The molecule has 0 spiro atoms. The monoisotopic (exact) mass is 392 g/mol. The van der Waals surface area contributed by atoms with Crippen molar-refractivity contribution in [3.05, 3.63) is 23.8 Å². The molecule has 28 heavy (non-hydrogen) atoms. The van der Waals surface area contributed by atoms with Gasteiger partial charge in [-0.1, -0.05) is 33.4 Å². The normalized spacial score (nSPS) is 33.2. The van der Waals surface area contributed by atoms with Crippen molar-refractivity contribution in [2.45, 2.75) is 85.4 Å². The van der Waals surface area contributed by atoms with E-state index in [0.29, 0.717) is 22.5 Å². The van der Waals surface area contributed by atoms with Crippen molar-refractivity contribution in [3.8, 4) is 0 Å². The van der Waals surface area contributed by atoms with Crippen molar-refractivity contribution in [2.24, 2.45) is 16.7 Å². The minimum absolute atomic E-state index is 0.0884. The Bertz CT molecular complexity index is 641. The van der Waals surface area contributed by atoms with Crippen molar-refractivity contribution < 1.29 is 24.2 Å². The molecule has 3 rings (SSSR count). The van der Waals surface area contributed by atoms with Gasteiger partial charge in [-0.05, 0) is 63.7 Å². The van der Waals surface area contributed by atoms with Crippen LogP contribution in [0.4, 0.5) is 0 Å². The SMILES string of the molecule is C/C(=C\CC1CCCO1)C(=O)O.C=C(C)C(=O)O[C@H]1C[C@@H]2CC[C@@]1(C)C2(C)C. The standard InChI is InChI=1S/C14H22O2.C9H14O3/c1-9(2)12(15)16-11-8-10-6-7-14(11,5)13(10,3)4;1-7(9(10)11)4-5-8-3-2-6-12-8/h10-11H,1,6-8H2,2-5H3;4,8H,2-3,5-6H2,1H3,(H,10,11)/b;7-4+/t10-,11-,14+;/m0./s1. The second-order valence-electron chi connectivity index (χ2n) is 9.35. The fourth-order valence-corrected chi connectivity index (χ4v) is 4.76. The maximum Gasteiger partial charge on any atom is 0.333 e. The van der Waals surface area contributed by atoms with Crippen molar-refractivity contribution in [1.29, 1.82) is 0 Å². The average Bonchev–Trinajstić information content (AvgIpc) is 3.26. The summed E-state index contributed by atoms with van der Waals surface area (Å²) in [5.74, 6) is -0.358. The highest BCUT2D eigenvalue weighted by Crippen LogP contribution is 2.66. The molecule has 5 heteroatoms. The number of fused-ring (bicyclic) bond motifs is 2. The fourth-order valence-electron chi connectivity index (χ4n) is 4.76. The van der Waals surface area contributed by atoms with Crippen molar-refractivity contribution in [3.63, 3.8) is 0 Å². The van der Waals surface area contributed by atoms with E-state index in [4.69, 9.17) is 14.6 Å². The van der Waals surface area contributed by atoms with Crippen LogP contribution < -0.4 is 0 Å². The lowest BCUT2D eigenvalue weighted by atomic mass is 9.70. The minimum Gasteiger partial charge on any atom is -0.478 e. The maximum atomic E-state index is 11.6. The van der Waals surface area contributed by atoms with Crippen LogP contribution in [0.15, 0.2) is 23.8 Å². The summed E-state index contributed by atoms with van der Waals surface area (Å²) >= 11 is 0. The Kier molecular flexibility index (Phi) is 7.13. The van der Waals surface area contributed by atoms with Gasteiger partial charge in [-0.2, -0.15) is 0 Å². The van der Waals surface area contributed by atoms with Crippen LogP contribution in [0.2, 0.25) is 0 Å². The van der Waals surface area contributed by atoms with Crippen LogP contribution in [0.25, 0.3) is 0 Å². The van der Waals surface area contributed by atoms with Gasteiger partial charge in [-0.15, -0.1) is 0 Å². The number of esters is 1. The van der Waals surface area contributed by atoms with Crippen LogP contribution in [0, 0.1) is 16.7 Å². The summed E-state index contributed by atoms with van der Waals surface area (Å²) in [6.45, 7) is 14.7. The van der Waals surface area contributed by atoms with Gasteiger partial charge in [0.05, 0.1) is 6.10 Å². The van der Waals surface area contributed by atoms with Gasteiger partial charge >= 0.3 is 11.9 Å². The molecule has 1 aliphatic heterocycles. The van der Waals surface area contributed by atoms with E-state index in [-0.39, 0.29) is 23.6 Å². The van der Waals surface area contributed by atoms with E-state index in [9.17, 15) is 9.59 Å². The van der Waals surface area contributed by atoms with Crippen molar-refractivity contribution in [2.75, 3.05) is 6.61 Å². The number of carboxylic acids is 1. The quantitative estimate of drug-likeness (QED) is 0.532. The summed E-state index contributed by atoms with van der Waals surface area (Å²) < 4.78 is 11.0. The average molecular weight is 393 g/mol. The van der Waals surface area contributed by atoms with Gasteiger partial charge in [-0.25, -0.2) is 9.59 Å². The zero-order valence-electron chi connectivity index (χ0n) is 18.0. The molecule has 4 atom stereocenters. The van der Waals surface area contributed by atoms with E-state index >= 15 is 0 Å². The van der Waals surface area contributed by atoms with E-state index in [1.807, 2.05) is 0 Å². The number of carboxylic acid groups (broad SMARTS) is 1. The van der Waals surface area contributed by atoms with Gasteiger partial charge < -0.3 is 14.6 Å². The molecule has 0 radical (unpaired) electrons. The second-order valence-corrected chi connectivity index (χ2v) is 9.35. The van der Waals surface area contributed by atoms with Crippen molar-refractivity contribution >= 4 is 11.9 Å². The first-order valence-corrected chi connectivity index (χ1v) is 10.4. The molecule has 1 N–H and O–H groups in total. The lowest BCUT2D eigenvalue weighted by Gasteiger charge is -2.38. The first-order chi connectivity index (χ1) is 13.0. The molecule has 5 nitrogen and oxygen atoms in total. The van der Waals surface area contributed by atoms with E-state index < -0.39 is 5.97 Å². The molecule has 0 aromatic rings. The van der Waals surface area contributed by atoms with Gasteiger partial charge in [0.1, 0.15) is 6.10 Å². The number of aliphatic carboxylic acids is 1. The lowest BCUT2D eigenvalue weighted by molar-refractivity contribution is -0.151. The van der Waals surface area contributed by atoms with Gasteiger partial charge in [0, 0.05) is 23.2 Å². The Morgan fingerprint density at radius 1 is 1.25 bits per heavy atom. The van der Waals surface area contributed by atoms with Crippen LogP contribution in [0.5, 0.6) is 0 Å². The van der Waals surface area contributed by atoms with E-state index in [0.717, 1.165) is 32.3 Å². The molecule has 1 unspecified atom stereocenters. The Morgan fingerprint density at radius 3 is 2.36 bits per heavy atom. The maximum absolute atomic E-state index is 11.6. The smallest absolute Gasteiger partial charge is 0.333 e. The first-order valence-electron chi connectivity index (χ1n) is 10.4. The Balaban J connectivity index is 0.000000209. The number of hydrogen-bond donors (Lipinski definition) is 1. The van der Waals surface area contributed by atoms with E-state index in [1.165, 1.54) is 12.8 Å². The van der Waals surface area contributed by atoms with Gasteiger partial charge in [0.25, 0.3) is 0 Å². The summed E-state index contributed by atoms with van der Waals surface area (Å²) in [7, 11) is 0. The highest BCUT2D eigenvalue weighted by Gasteiger charge is 2.62. The van der Waals surface area contributed by atoms with Crippen LogP contribution in [-0.4, -0.2) is 35.9 Å². The summed E-state index contributed by atoms with van der Waals surface area (Å²) in [4.78, 5) is 22.0. The van der Waals surface area contributed by atoms with Crippen LogP contribution in [0.1, 0.15) is 73.1 Å². The molecule has 3 fully saturated rings. The molecule has 3 aliphatic rings. The highest BCUT2D eigenvalue weighted by atomic mass is 16.5. The summed E-state index contributed by atoms with van der Waals surface area (Å²) in [5.41, 5.74) is 1.37. The highest BCUT2D eigenvalue weighted by molar-refractivity contribution is 5.87. The first kappa shape index (κ1) is 22.7. The topological polar surface area (TPSA) is 72.8 Å². The fraction of sp³-hybridized carbons (Fsp3) is 0.739. The van der Waals surface area contributed by atoms with Gasteiger partial charge in [0.2, 0.25) is 0 Å². The van der Waals surface area contributed by atoms with E-state index in [1.54, 1.807) is 19.9 Å². The third-order valence-electron chi connectivity index (χ3n) is 7.36. The third-order valence-corrected chi connectivity index (χ3v) is 7.36. The number of carbonyl (C=O) groups is 2. The molecule has 0 aromatic heterocycles. The Labute approximate surface area is 169 Å². The zero-order valence-corrected chi connectivity index (χ0v) is 18.0. The summed E-state index contributed by atoms with van der Waals surface area (Å²) in [6, 6.07) is 0. The molecule has 1 heterocycles. The van der Waals surface area contributed by atoms with Gasteiger partial charge in [-0.3, -0.25) is 0 Å². The molecule has 0 amide bonds. The minimum atomic E-state index is -0.840. The second kappa shape index (κ2) is 8.81. The van der Waals surface area contributed by atoms with Gasteiger partial charge in [0.15, 0.2) is 0 Å². The molecule has 1 saturated heterocycles. The van der Waals surface area contributed by atoms with Crippen LogP contribution in [-0.2, 0) is 19.1 Å². The van der Waals surface area contributed by atoms with Crippen LogP contribution >= 0.6 is 0 Å². The predicted molar refractivity (Wildman–Crippen MR) is 109 cm³/mol. The molecule has 2 aliphatic carbocycles. The largest absolute Gasteiger partial charge is 0.478 e. The molecule has 2 saturated carbocycles. The third kappa shape index (κ3) is 4.68. The van der Waals surface area contributed by atoms with Crippen LogP contribution in [0.3, 0.4) is 0 Å². The number of hydrogen-bond acceptors (Lipinski definition) is 4. The Hall–Kier alpha value is -1.62. The summed E-state index contributed by atoms with van der Waals surface area (Å²) in [5, 5.41) is 8.55. The number of rotatable bonds is 5. The lowest BCUT2D eigenvalue weighted by Crippen LogP contribution is -2.38. The molecular weight excluding hydrogens is 356 g/mol. The van der Waals surface area contributed by atoms with E-state index in [2.05, 4.69) is 27.4 Å². The molecule has 2 bridgehead atoms.